The maximum absolute atomic E-state index is 12.6. The van der Waals surface area contributed by atoms with Crippen molar-refractivity contribution in [3.63, 3.8) is 0 Å². The van der Waals surface area contributed by atoms with Crippen molar-refractivity contribution in [2.75, 3.05) is 13.7 Å². The van der Waals surface area contributed by atoms with Crippen LogP contribution in [0.3, 0.4) is 0 Å². The Bertz CT molecular complexity index is 1040. The molecule has 1 aliphatic carbocycles. The Kier molecular flexibility index (Phi) is 4.86. The molecule has 144 valence electrons. The van der Waals surface area contributed by atoms with Crippen molar-refractivity contribution in [1.82, 2.24) is 14.3 Å². The molecule has 0 bridgehead atoms. The van der Waals surface area contributed by atoms with Gasteiger partial charge in [0.25, 0.3) is 5.91 Å². The van der Waals surface area contributed by atoms with Crippen LogP contribution in [0.2, 0.25) is 0 Å². The minimum atomic E-state index is -0.589. The van der Waals surface area contributed by atoms with Gasteiger partial charge < -0.3 is 14.0 Å². The number of carbonyl (C=O) groups is 2. The lowest BCUT2D eigenvalue weighted by Crippen LogP contribution is -2.36. The molecule has 0 radical (unpaired) electrons. The highest BCUT2D eigenvalue weighted by Crippen LogP contribution is 2.33. The molecule has 6 nitrogen and oxygen atoms in total. The third kappa shape index (κ3) is 3.38. The number of amides is 1. The number of esters is 1. The first kappa shape index (κ1) is 18.2. The smallest absolute Gasteiger partial charge is 0.359 e. The van der Waals surface area contributed by atoms with Crippen LogP contribution in [-0.4, -0.2) is 39.8 Å². The van der Waals surface area contributed by atoms with Gasteiger partial charge in [0.2, 0.25) is 0 Å². The molecule has 0 saturated heterocycles. The second kappa shape index (κ2) is 7.46. The van der Waals surface area contributed by atoms with E-state index in [0.29, 0.717) is 5.65 Å². The summed E-state index contributed by atoms with van der Waals surface area (Å²) in [6.45, 7) is 1.64. The van der Waals surface area contributed by atoms with Crippen LogP contribution in [0.25, 0.3) is 5.65 Å². The summed E-state index contributed by atoms with van der Waals surface area (Å²) in [6, 6.07) is 13.9. The zero-order valence-corrected chi connectivity index (χ0v) is 16.1. The van der Waals surface area contributed by atoms with Crippen LogP contribution in [-0.2, 0) is 16.0 Å². The number of nitrogens with zero attached hydrogens (tertiary/aromatic N) is 3. The van der Waals surface area contributed by atoms with Crippen molar-refractivity contribution in [3.05, 3.63) is 71.2 Å². The van der Waals surface area contributed by atoms with E-state index in [2.05, 4.69) is 17.1 Å². The molecule has 0 spiro atoms. The van der Waals surface area contributed by atoms with Crippen LogP contribution in [0.1, 0.15) is 46.2 Å². The van der Waals surface area contributed by atoms with Crippen LogP contribution in [0, 0.1) is 6.92 Å². The SMILES string of the molecule is Cc1cccc2nc(C(=O)OCC(=O)N(C)[C@H]3CCCc4ccccc43)cn12. The molecule has 2 aromatic heterocycles. The maximum atomic E-state index is 12.6. The topological polar surface area (TPSA) is 63.9 Å². The Morgan fingerprint density at radius 2 is 2.04 bits per heavy atom. The van der Waals surface area contributed by atoms with Crippen LogP contribution in [0.5, 0.6) is 0 Å². The molecule has 0 fully saturated rings. The second-order valence-electron chi connectivity index (χ2n) is 7.21. The van der Waals surface area contributed by atoms with E-state index in [0.717, 1.165) is 25.0 Å². The zero-order chi connectivity index (χ0) is 19.7. The van der Waals surface area contributed by atoms with Gasteiger partial charge in [-0.3, -0.25) is 4.79 Å². The molecular formula is C22H23N3O3. The molecule has 0 N–H and O–H groups in total. The highest BCUT2D eigenvalue weighted by molar-refractivity contribution is 5.90. The number of pyridine rings is 1. The highest BCUT2D eigenvalue weighted by Gasteiger charge is 2.27. The summed E-state index contributed by atoms with van der Waals surface area (Å²) in [7, 11) is 1.78. The fourth-order valence-corrected chi connectivity index (χ4v) is 3.85. The van der Waals surface area contributed by atoms with Gasteiger partial charge in [0.15, 0.2) is 12.3 Å². The molecule has 1 aliphatic rings. The molecule has 2 heterocycles. The minimum absolute atomic E-state index is 0.0222. The third-order valence-corrected chi connectivity index (χ3v) is 5.43. The largest absolute Gasteiger partial charge is 0.451 e. The van der Waals surface area contributed by atoms with Gasteiger partial charge in [0, 0.05) is 18.9 Å². The molecule has 1 atom stereocenters. The van der Waals surface area contributed by atoms with Gasteiger partial charge in [-0.05, 0) is 49.4 Å². The first-order chi connectivity index (χ1) is 13.5. The average Bonchev–Trinajstić information content (AvgIpc) is 3.16. The van der Waals surface area contributed by atoms with Gasteiger partial charge in [-0.25, -0.2) is 9.78 Å². The summed E-state index contributed by atoms with van der Waals surface area (Å²) >= 11 is 0. The minimum Gasteiger partial charge on any atom is -0.451 e. The van der Waals surface area contributed by atoms with E-state index in [1.165, 1.54) is 11.1 Å². The third-order valence-electron chi connectivity index (χ3n) is 5.43. The van der Waals surface area contributed by atoms with Crippen molar-refractivity contribution in [2.45, 2.75) is 32.2 Å². The van der Waals surface area contributed by atoms with Crippen molar-refractivity contribution in [1.29, 1.82) is 0 Å². The summed E-state index contributed by atoms with van der Waals surface area (Å²) in [6.07, 6.45) is 4.63. The number of benzene rings is 1. The normalized spacial score (nSPS) is 15.9. The Hall–Kier alpha value is -3.15. The lowest BCUT2D eigenvalue weighted by Gasteiger charge is -2.33. The molecule has 1 amide bonds. The average molecular weight is 377 g/mol. The van der Waals surface area contributed by atoms with Crippen molar-refractivity contribution in [3.8, 4) is 0 Å². The molecule has 6 heteroatoms. The number of aromatic nitrogens is 2. The molecule has 4 rings (SSSR count). The first-order valence-corrected chi connectivity index (χ1v) is 9.50. The van der Waals surface area contributed by atoms with Gasteiger partial charge in [-0.1, -0.05) is 30.3 Å². The maximum Gasteiger partial charge on any atom is 0.359 e. The first-order valence-electron chi connectivity index (χ1n) is 9.50. The molecule has 28 heavy (non-hydrogen) atoms. The highest BCUT2D eigenvalue weighted by atomic mass is 16.5. The van der Waals surface area contributed by atoms with E-state index in [4.69, 9.17) is 4.74 Å². The number of aryl methyl sites for hydroxylation is 2. The summed E-state index contributed by atoms with van der Waals surface area (Å²) < 4.78 is 7.08. The number of hydrogen-bond acceptors (Lipinski definition) is 4. The second-order valence-corrected chi connectivity index (χ2v) is 7.21. The van der Waals surface area contributed by atoms with E-state index >= 15 is 0 Å². The Morgan fingerprint density at radius 3 is 2.86 bits per heavy atom. The standard InChI is InChI=1S/C22H23N3O3/c1-15-7-5-12-20-23-18(13-25(15)20)22(27)28-14-21(26)24(2)19-11-6-9-16-8-3-4-10-17(16)19/h3-5,7-8,10,12-13,19H,6,9,11,14H2,1-2H3/t19-/m0/s1. The number of likely N-dealkylation sites (N-methyl/N-ethyl adjacent to an activating group) is 1. The van der Waals surface area contributed by atoms with E-state index in [-0.39, 0.29) is 24.2 Å². The fourth-order valence-electron chi connectivity index (χ4n) is 3.85. The van der Waals surface area contributed by atoms with Crippen LogP contribution < -0.4 is 0 Å². The predicted molar refractivity (Wildman–Crippen MR) is 105 cm³/mol. The fraction of sp³-hybridized carbons (Fsp3) is 0.318. The number of fused-ring (bicyclic) bond motifs is 2. The summed E-state index contributed by atoms with van der Waals surface area (Å²) in [5.74, 6) is -0.802. The molecule has 3 aromatic rings. The predicted octanol–water partition coefficient (Wildman–Crippen LogP) is 3.34. The Labute approximate surface area is 163 Å². The van der Waals surface area contributed by atoms with Gasteiger partial charge in [-0.2, -0.15) is 0 Å². The monoisotopic (exact) mass is 377 g/mol. The lowest BCUT2D eigenvalue weighted by molar-refractivity contribution is -0.135. The molecule has 0 saturated carbocycles. The summed E-state index contributed by atoms with van der Waals surface area (Å²) in [5.41, 5.74) is 4.32. The Balaban J connectivity index is 1.42. The van der Waals surface area contributed by atoms with Gasteiger partial charge in [0.05, 0.1) is 6.04 Å². The van der Waals surface area contributed by atoms with Crippen molar-refractivity contribution in [2.24, 2.45) is 0 Å². The van der Waals surface area contributed by atoms with Gasteiger partial charge in [0.1, 0.15) is 5.65 Å². The molecule has 0 unspecified atom stereocenters. The molecule has 1 aromatic carbocycles. The van der Waals surface area contributed by atoms with Crippen molar-refractivity contribution >= 4 is 17.5 Å². The van der Waals surface area contributed by atoms with E-state index < -0.39 is 5.97 Å². The zero-order valence-electron chi connectivity index (χ0n) is 16.1. The van der Waals surface area contributed by atoms with E-state index in [1.54, 1.807) is 18.1 Å². The van der Waals surface area contributed by atoms with Crippen LogP contribution >= 0.6 is 0 Å². The van der Waals surface area contributed by atoms with Crippen LogP contribution in [0.4, 0.5) is 0 Å². The quantitative estimate of drug-likeness (QED) is 0.654. The number of hydrogen-bond donors (Lipinski definition) is 0. The molecular weight excluding hydrogens is 354 g/mol. The van der Waals surface area contributed by atoms with E-state index in [9.17, 15) is 9.59 Å². The van der Waals surface area contributed by atoms with E-state index in [1.807, 2.05) is 41.7 Å². The number of ether oxygens (including phenoxy) is 1. The number of imidazole rings is 1. The number of rotatable bonds is 4. The summed E-state index contributed by atoms with van der Waals surface area (Å²) in [4.78, 5) is 31.0. The summed E-state index contributed by atoms with van der Waals surface area (Å²) in [5, 5.41) is 0. The van der Waals surface area contributed by atoms with Gasteiger partial charge >= 0.3 is 5.97 Å². The molecule has 0 aliphatic heterocycles. The number of carbonyl (C=O) groups excluding carboxylic acids is 2. The van der Waals surface area contributed by atoms with Crippen LogP contribution in [0.15, 0.2) is 48.7 Å². The van der Waals surface area contributed by atoms with Crippen molar-refractivity contribution < 1.29 is 14.3 Å². The van der Waals surface area contributed by atoms with Gasteiger partial charge in [-0.15, -0.1) is 0 Å². The Morgan fingerprint density at radius 1 is 1.21 bits per heavy atom. The lowest BCUT2D eigenvalue weighted by atomic mass is 9.87.